The van der Waals surface area contributed by atoms with E-state index in [1.807, 2.05) is 0 Å². The summed E-state index contributed by atoms with van der Waals surface area (Å²) >= 11 is 5.20. The van der Waals surface area contributed by atoms with Crippen molar-refractivity contribution in [3.05, 3.63) is 5.82 Å². The molecule has 1 aromatic rings. The molecule has 0 aromatic carbocycles. The Balaban J connectivity index is 1.79. The van der Waals surface area contributed by atoms with Crippen LogP contribution in [0.15, 0.2) is 0 Å². The van der Waals surface area contributed by atoms with Crippen molar-refractivity contribution in [2.45, 2.75) is 38.1 Å². The number of halogens is 1. The Morgan fingerprint density at radius 1 is 1.44 bits per heavy atom. The number of nitrogens with zero attached hydrogens (tertiary/aromatic N) is 3. The fourth-order valence-corrected chi connectivity index (χ4v) is 4.15. The molecule has 0 amide bonds. The maximum absolute atomic E-state index is 4.70. The number of hydrogen-bond donors (Lipinski definition) is 0. The van der Waals surface area contributed by atoms with E-state index in [9.17, 15) is 0 Å². The second-order valence-corrected chi connectivity index (χ2v) is 6.27. The maximum atomic E-state index is 4.70. The van der Waals surface area contributed by atoms with Gasteiger partial charge in [0, 0.05) is 35.4 Å². The Labute approximate surface area is 109 Å². The van der Waals surface area contributed by atoms with Gasteiger partial charge in [-0.2, -0.15) is 4.37 Å². The van der Waals surface area contributed by atoms with Crippen molar-refractivity contribution < 1.29 is 0 Å². The van der Waals surface area contributed by atoms with Crippen molar-refractivity contribution in [3.63, 3.8) is 0 Å². The smallest absolute Gasteiger partial charge is 0.205 e. The molecule has 2 unspecified atom stereocenters. The largest absolute Gasteiger partial charge is 0.343 e. The normalized spacial score (nSPS) is 30.0. The van der Waals surface area contributed by atoms with Crippen LogP contribution in [0.2, 0.25) is 0 Å². The van der Waals surface area contributed by atoms with Crippen LogP contribution >= 0.6 is 27.5 Å². The highest BCUT2D eigenvalue weighted by molar-refractivity contribution is 9.09. The third-order valence-corrected chi connectivity index (χ3v) is 5.09. The second kappa shape index (κ2) is 4.26. The summed E-state index contributed by atoms with van der Waals surface area (Å²) in [4.78, 5) is 7.13. The molecule has 1 aromatic heterocycles. The van der Waals surface area contributed by atoms with Crippen LogP contribution in [0.1, 0.15) is 37.9 Å². The summed E-state index contributed by atoms with van der Waals surface area (Å²) in [6, 6.07) is 0.597. The van der Waals surface area contributed by atoms with Gasteiger partial charge in [-0.25, -0.2) is 4.98 Å². The van der Waals surface area contributed by atoms with Crippen molar-refractivity contribution in [1.82, 2.24) is 9.36 Å². The lowest BCUT2D eigenvalue weighted by atomic mass is 10.1. The Hall–Kier alpha value is -0.160. The van der Waals surface area contributed by atoms with E-state index < -0.39 is 0 Å². The van der Waals surface area contributed by atoms with Crippen LogP contribution in [0.5, 0.6) is 0 Å². The average Bonchev–Trinajstić information content (AvgIpc) is 2.90. The minimum Gasteiger partial charge on any atom is -0.343 e. The van der Waals surface area contributed by atoms with Gasteiger partial charge in [-0.05, 0) is 25.2 Å². The van der Waals surface area contributed by atoms with Crippen molar-refractivity contribution in [1.29, 1.82) is 0 Å². The highest BCUT2D eigenvalue weighted by atomic mass is 79.9. The lowest BCUT2D eigenvalue weighted by Crippen LogP contribution is -2.33. The molecule has 88 valence electrons. The zero-order chi connectivity index (χ0) is 11.1. The van der Waals surface area contributed by atoms with Crippen LogP contribution < -0.4 is 4.90 Å². The average molecular weight is 302 g/mol. The van der Waals surface area contributed by atoms with Crippen LogP contribution in [-0.4, -0.2) is 27.3 Å². The summed E-state index contributed by atoms with van der Waals surface area (Å²) in [6.45, 7) is 3.46. The molecule has 1 aliphatic carbocycles. The van der Waals surface area contributed by atoms with E-state index in [-0.39, 0.29) is 0 Å². The van der Waals surface area contributed by atoms with E-state index in [0.717, 1.165) is 28.7 Å². The predicted octanol–water partition coefficient (Wildman–Crippen LogP) is 3.03. The number of rotatable bonds is 3. The third kappa shape index (κ3) is 1.88. The van der Waals surface area contributed by atoms with Crippen molar-refractivity contribution in [3.8, 4) is 0 Å². The molecule has 3 rings (SSSR count). The van der Waals surface area contributed by atoms with Gasteiger partial charge in [-0.1, -0.05) is 22.9 Å². The summed E-state index contributed by atoms with van der Waals surface area (Å²) in [5.74, 6) is 2.52. The van der Waals surface area contributed by atoms with Crippen LogP contribution in [-0.2, 0) is 0 Å². The summed E-state index contributed by atoms with van der Waals surface area (Å²) < 4.78 is 4.49. The summed E-state index contributed by atoms with van der Waals surface area (Å²) in [7, 11) is 0. The monoisotopic (exact) mass is 301 g/mol. The van der Waals surface area contributed by atoms with E-state index in [2.05, 4.69) is 32.1 Å². The topological polar surface area (TPSA) is 29.0 Å². The van der Waals surface area contributed by atoms with Crippen LogP contribution in [0, 0.1) is 5.92 Å². The quantitative estimate of drug-likeness (QED) is 0.804. The van der Waals surface area contributed by atoms with E-state index in [4.69, 9.17) is 4.98 Å². The van der Waals surface area contributed by atoms with Gasteiger partial charge in [0.25, 0.3) is 0 Å². The zero-order valence-electron chi connectivity index (χ0n) is 9.40. The summed E-state index contributed by atoms with van der Waals surface area (Å²) in [5.41, 5.74) is 0. The molecule has 16 heavy (non-hydrogen) atoms. The highest BCUT2D eigenvalue weighted by Gasteiger charge is 2.34. The SMILES string of the molecule is CC1CCN(c2nc(C3CC3)ns2)C1CBr. The molecular weight excluding hydrogens is 286 g/mol. The molecular formula is C11H16BrN3S. The number of anilines is 1. The van der Waals surface area contributed by atoms with Crippen molar-refractivity contribution in [2.75, 3.05) is 16.8 Å². The molecule has 1 saturated heterocycles. The molecule has 1 aliphatic heterocycles. The Morgan fingerprint density at radius 2 is 2.25 bits per heavy atom. The summed E-state index contributed by atoms with van der Waals surface area (Å²) in [6.07, 6.45) is 3.84. The maximum Gasteiger partial charge on any atom is 0.205 e. The molecule has 5 heteroatoms. The lowest BCUT2D eigenvalue weighted by Gasteiger charge is -2.23. The number of alkyl halides is 1. The molecule has 0 radical (unpaired) electrons. The highest BCUT2D eigenvalue weighted by Crippen LogP contribution is 2.40. The van der Waals surface area contributed by atoms with Crippen molar-refractivity contribution >= 4 is 32.6 Å². The van der Waals surface area contributed by atoms with Gasteiger partial charge in [-0.3, -0.25) is 0 Å². The molecule has 0 N–H and O–H groups in total. The first-order valence-electron chi connectivity index (χ1n) is 5.96. The van der Waals surface area contributed by atoms with Gasteiger partial charge in [0.1, 0.15) is 5.82 Å². The molecule has 1 saturated carbocycles. The Bertz CT molecular complexity index is 377. The zero-order valence-corrected chi connectivity index (χ0v) is 11.8. The fourth-order valence-electron chi connectivity index (χ4n) is 2.33. The van der Waals surface area contributed by atoms with Gasteiger partial charge in [0.15, 0.2) is 0 Å². The fraction of sp³-hybridized carbons (Fsp3) is 0.818. The molecule has 2 heterocycles. The molecule has 2 atom stereocenters. The van der Waals surface area contributed by atoms with E-state index in [1.54, 1.807) is 11.5 Å². The van der Waals surface area contributed by atoms with E-state index in [1.165, 1.54) is 19.3 Å². The third-order valence-electron chi connectivity index (χ3n) is 3.66. The van der Waals surface area contributed by atoms with Gasteiger partial charge in [0.2, 0.25) is 5.13 Å². The minimum absolute atomic E-state index is 0.597. The van der Waals surface area contributed by atoms with Gasteiger partial charge >= 0.3 is 0 Å². The van der Waals surface area contributed by atoms with Crippen LogP contribution in [0.3, 0.4) is 0 Å². The first-order chi connectivity index (χ1) is 7.79. The van der Waals surface area contributed by atoms with E-state index in [0.29, 0.717) is 12.0 Å². The second-order valence-electron chi connectivity index (χ2n) is 4.89. The van der Waals surface area contributed by atoms with E-state index >= 15 is 0 Å². The Kier molecular flexibility index (Phi) is 2.92. The molecule has 3 nitrogen and oxygen atoms in total. The lowest BCUT2D eigenvalue weighted by molar-refractivity contribution is 0.554. The number of aromatic nitrogens is 2. The first-order valence-corrected chi connectivity index (χ1v) is 7.85. The van der Waals surface area contributed by atoms with Gasteiger partial charge in [-0.15, -0.1) is 0 Å². The predicted molar refractivity (Wildman–Crippen MR) is 70.6 cm³/mol. The first kappa shape index (κ1) is 11.0. The standard InChI is InChI=1S/C11H16BrN3S/c1-7-4-5-15(9(7)6-12)11-13-10(14-16-11)8-2-3-8/h7-9H,2-6H2,1H3. The number of hydrogen-bond acceptors (Lipinski definition) is 4. The molecule has 2 fully saturated rings. The van der Waals surface area contributed by atoms with Crippen LogP contribution in [0.4, 0.5) is 5.13 Å². The molecule has 0 bridgehead atoms. The minimum atomic E-state index is 0.597. The van der Waals surface area contributed by atoms with Crippen molar-refractivity contribution in [2.24, 2.45) is 5.92 Å². The molecule has 2 aliphatic rings. The summed E-state index contributed by atoms with van der Waals surface area (Å²) in [5, 5.41) is 2.17. The molecule has 0 spiro atoms. The van der Waals surface area contributed by atoms with Gasteiger partial charge in [0.05, 0.1) is 0 Å². The van der Waals surface area contributed by atoms with Crippen LogP contribution in [0.25, 0.3) is 0 Å². The Morgan fingerprint density at radius 3 is 2.94 bits per heavy atom. The van der Waals surface area contributed by atoms with Gasteiger partial charge < -0.3 is 4.90 Å².